The molecule has 0 amide bonds. The van der Waals surface area contributed by atoms with Crippen LogP contribution in [0.1, 0.15) is 18.5 Å². The molecular formula is C15H13F2N3O2S. The van der Waals surface area contributed by atoms with Crippen LogP contribution in [0, 0.1) is 21.7 Å². The number of thiocarbonyl (C=S) groups is 1. The zero-order chi connectivity index (χ0) is 17.0. The van der Waals surface area contributed by atoms with Crippen LogP contribution >= 0.6 is 12.2 Å². The van der Waals surface area contributed by atoms with Crippen molar-refractivity contribution in [3.05, 3.63) is 69.8 Å². The Kier molecular flexibility index (Phi) is 5.17. The molecule has 0 spiro atoms. The largest absolute Gasteiger partial charge is 0.356 e. The van der Waals surface area contributed by atoms with Crippen LogP contribution in [0.4, 0.5) is 20.2 Å². The summed E-state index contributed by atoms with van der Waals surface area (Å²) in [6.45, 7) is 1.75. The number of nitro groups is 1. The second-order valence-corrected chi connectivity index (χ2v) is 5.21. The molecule has 120 valence electrons. The van der Waals surface area contributed by atoms with E-state index in [4.69, 9.17) is 12.2 Å². The quantitative estimate of drug-likeness (QED) is 0.503. The molecule has 0 heterocycles. The molecule has 2 N–H and O–H groups in total. The Bertz CT molecular complexity index is 738. The van der Waals surface area contributed by atoms with Crippen molar-refractivity contribution in [2.75, 3.05) is 5.32 Å². The number of benzene rings is 2. The van der Waals surface area contributed by atoms with Gasteiger partial charge in [-0.3, -0.25) is 10.1 Å². The highest BCUT2D eigenvalue weighted by molar-refractivity contribution is 7.80. The first-order valence-corrected chi connectivity index (χ1v) is 7.04. The van der Waals surface area contributed by atoms with Gasteiger partial charge in [-0.25, -0.2) is 8.78 Å². The summed E-state index contributed by atoms with van der Waals surface area (Å²) in [6, 6.07) is 9.01. The van der Waals surface area contributed by atoms with Gasteiger partial charge in [0, 0.05) is 17.8 Å². The van der Waals surface area contributed by atoms with Crippen molar-refractivity contribution < 1.29 is 13.7 Å². The summed E-state index contributed by atoms with van der Waals surface area (Å²) < 4.78 is 26.1. The van der Waals surface area contributed by atoms with E-state index in [9.17, 15) is 18.9 Å². The molecule has 5 nitrogen and oxygen atoms in total. The van der Waals surface area contributed by atoms with Crippen LogP contribution in [0.2, 0.25) is 0 Å². The number of halogens is 2. The monoisotopic (exact) mass is 337 g/mol. The van der Waals surface area contributed by atoms with Crippen molar-refractivity contribution in [2.24, 2.45) is 0 Å². The molecule has 0 aromatic heterocycles. The van der Waals surface area contributed by atoms with Gasteiger partial charge >= 0.3 is 0 Å². The molecule has 23 heavy (non-hydrogen) atoms. The predicted octanol–water partition coefficient (Wildman–Crippen LogP) is 3.92. The van der Waals surface area contributed by atoms with Crippen LogP contribution in [0.25, 0.3) is 0 Å². The van der Waals surface area contributed by atoms with E-state index in [1.54, 1.807) is 6.92 Å². The summed E-state index contributed by atoms with van der Waals surface area (Å²) in [5, 5.41) is 16.6. The number of nitrogens with zero attached hydrogens (tertiary/aromatic N) is 1. The van der Waals surface area contributed by atoms with Gasteiger partial charge < -0.3 is 10.6 Å². The smallest absolute Gasteiger partial charge is 0.269 e. The zero-order valence-corrected chi connectivity index (χ0v) is 12.9. The van der Waals surface area contributed by atoms with E-state index in [0.717, 1.165) is 12.1 Å². The lowest BCUT2D eigenvalue weighted by Crippen LogP contribution is -2.30. The van der Waals surface area contributed by atoms with Crippen molar-refractivity contribution in [1.29, 1.82) is 0 Å². The number of nitrogens with one attached hydrogen (secondary N) is 2. The van der Waals surface area contributed by atoms with E-state index in [-0.39, 0.29) is 16.8 Å². The van der Waals surface area contributed by atoms with Gasteiger partial charge in [0.2, 0.25) is 0 Å². The Morgan fingerprint density at radius 2 is 1.83 bits per heavy atom. The van der Waals surface area contributed by atoms with Crippen LogP contribution < -0.4 is 10.6 Å². The third-order valence-corrected chi connectivity index (χ3v) is 3.35. The maximum absolute atomic E-state index is 13.2. The van der Waals surface area contributed by atoms with Crippen molar-refractivity contribution in [1.82, 2.24) is 5.32 Å². The van der Waals surface area contributed by atoms with E-state index in [2.05, 4.69) is 10.6 Å². The Balaban J connectivity index is 1.98. The molecule has 0 aliphatic rings. The highest BCUT2D eigenvalue weighted by atomic mass is 32.1. The summed E-state index contributed by atoms with van der Waals surface area (Å²) >= 11 is 5.13. The van der Waals surface area contributed by atoms with E-state index in [1.165, 1.54) is 30.3 Å². The van der Waals surface area contributed by atoms with E-state index < -0.39 is 16.6 Å². The van der Waals surface area contributed by atoms with Crippen LogP contribution in [0.15, 0.2) is 42.5 Å². The molecule has 0 fully saturated rings. The molecule has 2 aromatic rings. The minimum absolute atomic E-state index is 0.0235. The Morgan fingerprint density at radius 3 is 2.39 bits per heavy atom. The van der Waals surface area contributed by atoms with Crippen LogP contribution in [0.5, 0.6) is 0 Å². The molecular weight excluding hydrogens is 324 g/mol. The van der Waals surface area contributed by atoms with E-state index in [1.807, 2.05) is 0 Å². The fourth-order valence-corrected chi connectivity index (χ4v) is 2.19. The highest BCUT2D eigenvalue weighted by Crippen LogP contribution is 2.18. The van der Waals surface area contributed by atoms with Crippen LogP contribution in [-0.4, -0.2) is 10.0 Å². The van der Waals surface area contributed by atoms with Gasteiger partial charge in [0.05, 0.1) is 11.0 Å². The van der Waals surface area contributed by atoms with Gasteiger partial charge in [-0.1, -0.05) is 6.07 Å². The average Bonchev–Trinajstić information content (AvgIpc) is 2.50. The topological polar surface area (TPSA) is 67.2 Å². The maximum Gasteiger partial charge on any atom is 0.269 e. The van der Waals surface area contributed by atoms with Gasteiger partial charge in [-0.15, -0.1) is 0 Å². The van der Waals surface area contributed by atoms with Crippen LogP contribution in [-0.2, 0) is 0 Å². The molecule has 0 aliphatic heterocycles. The van der Waals surface area contributed by atoms with Gasteiger partial charge in [0.1, 0.15) is 0 Å². The lowest BCUT2D eigenvalue weighted by Gasteiger charge is -2.17. The predicted molar refractivity (Wildman–Crippen MR) is 87.2 cm³/mol. The van der Waals surface area contributed by atoms with Gasteiger partial charge in [-0.2, -0.15) is 0 Å². The van der Waals surface area contributed by atoms with E-state index in [0.29, 0.717) is 11.3 Å². The fourth-order valence-electron chi connectivity index (χ4n) is 1.90. The van der Waals surface area contributed by atoms with Crippen molar-refractivity contribution >= 4 is 28.7 Å². The Hall–Kier alpha value is -2.61. The standard InChI is InChI=1S/C15H13F2N3O2S/c1-9(10-2-7-13(16)14(17)8-10)18-15(23)19-11-3-5-12(6-4-11)20(21)22/h2-9H,1H3,(H2,18,19,23)/t9-/m1/s1. The molecule has 0 radical (unpaired) electrons. The van der Waals surface area contributed by atoms with Gasteiger partial charge in [0.25, 0.3) is 5.69 Å². The number of rotatable bonds is 4. The van der Waals surface area contributed by atoms with Crippen LogP contribution in [0.3, 0.4) is 0 Å². The summed E-state index contributed by atoms with van der Waals surface area (Å²) in [5.74, 6) is -1.84. The van der Waals surface area contributed by atoms with Crippen molar-refractivity contribution in [2.45, 2.75) is 13.0 Å². The number of nitro benzene ring substituents is 1. The van der Waals surface area contributed by atoms with Crippen molar-refractivity contribution in [3.63, 3.8) is 0 Å². The zero-order valence-electron chi connectivity index (χ0n) is 12.0. The second-order valence-electron chi connectivity index (χ2n) is 4.80. The summed E-state index contributed by atoms with van der Waals surface area (Å²) in [7, 11) is 0. The second kappa shape index (κ2) is 7.10. The summed E-state index contributed by atoms with van der Waals surface area (Å²) in [6.07, 6.45) is 0. The normalized spacial score (nSPS) is 11.6. The molecule has 2 aromatic carbocycles. The molecule has 0 saturated carbocycles. The van der Waals surface area contributed by atoms with Crippen molar-refractivity contribution in [3.8, 4) is 0 Å². The van der Waals surface area contributed by atoms with E-state index >= 15 is 0 Å². The summed E-state index contributed by atoms with van der Waals surface area (Å²) in [5.41, 5.74) is 1.09. The Morgan fingerprint density at radius 1 is 1.17 bits per heavy atom. The third kappa shape index (κ3) is 4.43. The molecule has 0 unspecified atom stereocenters. The maximum atomic E-state index is 13.2. The minimum atomic E-state index is -0.926. The third-order valence-electron chi connectivity index (χ3n) is 3.13. The Labute approximate surface area is 136 Å². The lowest BCUT2D eigenvalue weighted by molar-refractivity contribution is -0.384. The summed E-state index contributed by atoms with van der Waals surface area (Å²) in [4.78, 5) is 10.1. The molecule has 0 bridgehead atoms. The van der Waals surface area contributed by atoms with Gasteiger partial charge in [0.15, 0.2) is 16.7 Å². The molecule has 8 heteroatoms. The first-order chi connectivity index (χ1) is 10.9. The SMILES string of the molecule is C[C@@H](NC(=S)Nc1ccc([N+](=O)[O-])cc1)c1ccc(F)c(F)c1. The molecule has 1 atom stereocenters. The average molecular weight is 337 g/mol. The van der Waals surface area contributed by atoms with Gasteiger partial charge in [-0.05, 0) is 49.0 Å². The number of hydrogen-bond donors (Lipinski definition) is 2. The molecule has 0 saturated heterocycles. The fraction of sp³-hybridized carbons (Fsp3) is 0.133. The first-order valence-electron chi connectivity index (χ1n) is 6.63. The number of anilines is 1. The minimum Gasteiger partial charge on any atom is -0.356 e. The number of non-ortho nitro benzene ring substituents is 1. The molecule has 2 rings (SSSR count). The first kappa shape index (κ1) is 16.8. The molecule has 0 aliphatic carbocycles. The lowest BCUT2D eigenvalue weighted by atomic mass is 10.1. The highest BCUT2D eigenvalue weighted by Gasteiger charge is 2.11. The number of hydrogen-bond acceptors (Lipinski definition) is 3.